The van der Waals surface area contributed by atoms with Crippen LogP contribution in [0.15, 0.2) is 17.5 Å². The Labute approximate surface area is 69.1 Å². The van der Waals surface area contributed by atoms with Gasteiger partial charge in [-0.25, -0.2) is 0 Å². The van der Waals surface area contributed by atoms with Crippen LogP contribution >= 0.6 is 22.6 Å². The maximum Gasteiger partial charge on any atom is 0.145 e. The molecule has 3 heteroatoms. The Balaban J connectivity index is 3.25. The van der Waals surface area contributed by atoms with E-state index in [-0.39, 0.29) is 4.11 Å². The highest BCUT2D eigenvalue weighted by atomic mass is 127. The van der Waals surface area contributed by atoms with Gasteiger partial charge in [0.1, 0.15) is 10.4 Å². The largest absolute Gasteiger partial charge is 0.486 e. The zero-order valence-electron chi connectivity index (χ0n) is 5.54. The second kappa shape index (κ2) is 6.07. The lowest BCUT2D eigenvalue weighted by molar-refractivity contribution is 0.252. The number of rotatable bonds is 3. The predicted molar refractivity (Wildman–Crippen MR) is 47.9 cm³/mol. The molecule has 1 unspecified atom stereocenters. The smallest absolute Gasteiger partial charge is 0.145 e. The fraction of sp³-hybridized carbons (Fsp3) is 0.500. The van der Waals surface area contributed by atoms with E-state index >= 15 is 0 Å². The van der Waals surface area contributed by atoms with Gasteiger partial charge in [-0.1, -0.05) is 0 Å². The van der Waals surface area contributed by atoms with Crippen molar-refractivity contribution in [1.29, 1.82) is 0 Å². The quantitative estimate of drug-likeness (QED) is 0.320. The van der Waals surface area contributed by atoms with Gasteiger partial charge in [-0.15, -0.1) is 0 Å². The molecule has 0 N–H and O–H groups in total. The minimum atomic E-state index is 0.214. The molecule has 0 radical (unpaired) electrons. The summed E-state index contributed by atoms with van der Waals surface area (Å²) in [5, 5.41) is 0. The fourth-order valence-electron chi connectivity index (χ4n) is 0.265. The van der Waals surface area contributed by atoms with Gasteiger partial charge in [-0.2, -0.15) is 0 Å². The van der Waals surface area contributed by atoms with Gasteiger partial charge in [0.25, 0.3) is 0 Å². The van der Waals surface area contributed by atoms with E-state index in [9.17, 15) is 0 Å². The van der Waals surface area contributed by atoms with Crippen molar-refractivity contribution < 1.29 is 4.74 Å². The zero-order chi connectivity index (χ0) is 7.11. The maximum absolute atomic E-state index is 5.04. The molecule has 2 nitrogen and oxygen atoms in total. The Bertz CT molecular complexity index is 110. The molecular formula is C6H10INO. The molecule has 0 saturated heterocycles. The van der Waals surface area contributed by atoms with Crippen LogP contribution in [-0.2, 0) is 4.74 Å². The standard InChI is InChI=1S/C6H10INO/c1-3-8-4-5-9-6(2)7/h3-6H,1-2H3/b5-4-,8-3?. The first-order valence-corrected chi connectivity index (χ1v) is 3.94. The van der Waals surface area contributed by atoms with Crippen LogP contribution in [-0.4, -0.2) is 10.3 Å². The van der Waals surface area contributed by atoms with Crippen molar-refractivity contribution in [3.05, 3.63) is 12.5 Å². The molecule has 52 valence electrons. The lowest BCUT2D eigenvalue weighted by Gasteiger charge is -1.98. The summed E-state index contributed by atoms with van der Waals surface area (Å²) in [6.45, 7) is 3.82. The molecule has 0 bridgehead atoms. The second-order valence-electron chi connectivity index (χ2n) is 1.37. The van der Waals surface area contributed by atoms with Gasteiger partial charge in [-0.05, 0) is 36.4 Å². The van der Waals surface area contributed by atoms with Gasteiger partial charge in [-0.3, -0.25) is 4.99 Å². The first-order chi connectivity index (χ1) is 4.27. The lowest BCUT2D eigenvalue weighted by Crippen LogP contribution is -1.88. The molecule has 0 heterocycles. The molecule has 0 aliphatic rings. The monoisotopic (exact) mass is 239 g/mol. The minimum absolute atomic E-state index is 0.214. The Morgan fingerprint density at radius 1 is 1.67 bits per heavy atom. The van der Waals surface area contributed by atoms with E-state index in [0.29, 0.717) is 0 Å². The van der Waals surface area contributed by atoms with Gasteiger partial charge in [0.05, 0.1) is 6.20 Å². The number of hydrogen-bond donors (Lipinski definition) is 0. The topological polar surface area (TPSA) is 21.6 Å². The van der Waals surface area contributed by atoms with Crippen molar-refractivity contribution in [2.75, 3.05) is 0 Å². The summed E-state index contributed by atoms with van der Waals surface area (Å²) in [7, 11) is 0. The Morgan fingerprint density at radius 2 is 2.33 bits per heavy atom. The number of ether oxygens (including phenoxy) is 1. The average molecular weight is 239 g/mol. The van der Waals surface area contributed by atoms with Crippen LogP contribution in [0.1, 0.15) is 13.8 Å². The van der Waals surface area contributed by atoms with Crippen LogP contribution in [0.2, 0.25) is 0 Å². The van der Waals surface area contributed by atoms with Gasteiger partial charge >= 0.3 is 0 Å². The molecule has 0 rings (SSSR count). The molecule has 1 atom stereocenters. The molecule has 0 fully saturated rings. The summed E-state index contributed by atoms with van der Waals surface area (Å²) in [5.41, 5.74) is 0. The second-order valence-corrected chi connectivity index (χ2v) is 3.13. The Hall–Kier alpha value is -0.0600. The molecule has 0 aromatic carbocycles. The Morgan fingerprint density at radius 3 is 2.78 bits per heavy atom. The number of nitrogens with zero attached hydrogens (tertiary/aromatic N) is 1. The van der Waals surface area contributed by atoms with Crippen molar-refractivity contribution in [3.63, 3.8) is 0 Å². The van der Waals surface area contributed by atoms with Crippen LogP contribution in [0.25, 0.3) is 0 Å². The van der Waals surface area contributed by atoms with Gasteiger partial charge in [0.2, 0.25) is 0 Å². The summed E-state index contributed by atoms with van der Waals surface area (Å²) >= 11 is 2.17. The van der Waals surface area contributed by atoms with Gasteiger partial charge in [0, 0.05) is 6.21 Å². The van der Waals surface area contributed by atoms with Crippen LogP contribution in [0.3, 0.4) is 0 Å². The molecule has 9 heavy (non-hydrogen) atoms. The van der Waals surface area contributed by atoms with E-state index in [2.05, 4.69) is 27.6 Å². The summed E-state index contributed by atoms with van der Waals surface area (Å²) in [6.07, 6.45) is 4.91. The number of aliphatic imine (C=N–C) groups is 1. The van der Waals surface area contributed by atoms with E-state index in [1.165, 1.54) is 0 Å². The van der Waals surface area contributed by atoms with Crippen LogP contribution in [0.5, 0.6) is 0 Å². The van der Waals surface area contributed by atoms with Crippen molar-refractivity contribution in [1.82, 2.24) is 0 Å². The normalized spacial score (nSPS) is 15.0. The van der Waals surface area contributed by atoms with E-state index in [1.807, 2.05) is 13.8 Å². The summed E-state index contributed by atoms with van der Waals surface area (Å²) in [4.78, 5) is 3.81. The molecule has 0 aliphatic heterocycles. The number of halogens is 1. The van der Waals surface area contributed by atoms with Gasteiger partial charge in [0.15, 0.2) is 0 Å². The maximum atomic E-state index is 5.04. The highest BCUT2D eigenvalue weighted by Gasteiger charge is 1.85. The molecule has 0 saturated carbocycles. The molecular weight excluding hydrogens is 229 g/mol. The summed E-state index contributed by atoms with van der Waals surface area (Å²) in [5.74, 6) is 0. The molecule has 0 aromatic heterocycles. The van der Waals surface area contributed by atoms with Crippen LogP contribution < -0.4 is 0 Å². The van der Waals surface area contributed by atoms with Gasteiger partial charge < -0.3 is 4.74 Å². The molecule has 0 aliphatic carbocycles. The third kappa shape index (κ3) is 7.94. The van der Waals surface area contributed by atoms with Crippen LogP contribution in [0, 0.1) is 0 Å². The van der Waals surface area contributed by atoms with Crippen molar-refractivity contribution >= 4 is 28.8 Å². The third-order valence-electron chi connectivity index (χ3n) is 0.562. The minimum Gasteiger partial charge on any atom is -0.486 e. The summed E-state index contributed by atoms with van der Waals surface area (Å²) < 4.78 is 5.25. The zero-order valence-corrected chi connectivity index (χ0v) is 7.70. The average Bonchev–Trinajstić information content (AvgIpc) is 1.80. The molecule has 0 aromatic rings. The molecule has 0 amide bonds. The lowest BCUT2D eigenvalue weighted by atomic mass is 10.8. The number of hydrogen-bond acceptors (Lipinski definition) is 2. The van der Waals surface area contributed by atoms with E-state index in [4.69, 9.17) is 4.74 Å². The van der Waals surface area contributed by atoms with Crippen LogP contribution in [0.4, 0.5) is 0 Å². The first-order valence-electron chi connectivity index (χ1n) is 2.69. The fourth-order valence-corrected chi connectivity index (χ4v) is 0.434. The van der Waals surface area contributed by atoms with E-state index < -0.39 is 0 Å². The molecule has 0 spiro atoms. The van der Waals surface area contributed by atoms with Crippen molar-refractivity contribution in [2.45, 2.75) is 18.0 Å². The predicted octanol–water partition coefficient (Wildman–Crippen LogP) is 2.35. The first kappa shape index (κ1) is 8.94. The van der Waals surface area contributed by atoms with E-state index in [1.54, 1.807) is 18.7 Å². The number of alkyl halides is 1. The van der Waals surface area contributed by atoms with Crippen molar-refractivity contribution in [3.8, 4) is 0 Å². The van der Waals surface area contributed by atoms with Crippen molar-refractivity contribution in [2.24, 2.45) is 4.99 Å². The highest BCUT2D eigenvalue weighted by Crippen LogP contribution is 1.99. The highest BCUT2D eigenvalue weighted by molar-refractivity contribution is 14.1. The van der Waals surface area contributed by atoms with E-state index in [0.717, 1.165) is 0 Å². The SMILES string of the molecule is CC=N/C=C\OC(C)I. The Kier molecular flexibility index (Phi) is 6.03. The summed E-state index contributed by atoms with van der Waals surface area (Å²) in [6, 6.07) is 0. The third-order valence-corrected chi connectivity index (χ3v) is 0.856.